The second-order valence-corrected chi connectivity index (χ2v) is 6.36. The highest BCUT2D eigenvalue weighted by Gasteiger charge is 2.14. The zero-order valence-corrected chi connectivity index (χ0v) is 12.9. The molecular weight excluding hydrogens is 320 g/mol. The summed E-state index contributed by atoms with van der Waals surface area (Å²) in [7, 11) is 0. The van der Waals surface area contributed by atoms with Crippen LogP contribution in [0, 0.1) is 12.7 Å². The minimum atomic E-state index is -0.477. The average molecular weight is 330 g/mol. The minimum Gasteiger partial charge on any atom is -0.320 e. The van der Waals surface area contributed by atoms with Crippen molar-refractivity contribution < 1.29 is 4.39 Å². The van der Waals surface area contributed by atoms with Crippen LogP contribution in [0.25, 0.3) is 11.0 Å². The Morgan fingerprint density at radius 2 is 2.20 bits per heavy atom. The number of thiazole rings is 1. The molecule has 104 valence electrons. The SMILES string of the molecule is Cc1cnc(Cn2c(CCl)nc3cc(F)c(Cl)cc32)s1. The molecule has 20 heavy (non-hydrogen) atoms. The first-order chi connectivity index (χ1) is 9.58. The van der Waals surface area contributed by atoms with Gasteiger partial charge in [-0.05, 0) is 13.0 Å². The van der Waals surface area contributed by atoms with Gasteiger partial charge in [0, 0.05) is 17.1 Å². The van der Waals surface area contributed by atoms with E-state index in [2.05, 4.69) is 9.97 Å². The summed E-state index contributed by atoms with van der Waals surface area (Å²) in [6.45, 7) is 2.56. The van der Waals surface area contributed by atoms with Crippen LogP contribution in [0.4, 0.5) is 4.39 Å². The molecule has 0 saturated heterocycles. The van der Waals surface area contributed by atoms with Crippen LogP contribution in [0.5, 0.6) is 0 Å². The molecule has 1 aromatic carbocycles. The zero-order chi connectivity index (χ0) is 14.3. The largest absolute Gasteiger partial charge is 0.320 e. The van der Waals surface area contributed by atoms with Crippen LogP contribution in [0.3, 0.4) is 0 Å². The van der Waals surface area contributed by atoms with Crippen molar-refractivity contribution in [1.82, 2.24) is 14.5 Å². The number of imidazole rings is 1. The molecule has 0 atom stereocenters. The molecule has 2 heterocycles. The molecule has 0 spiro atoms. The average Bonchev–Trinajstić information content (AvgIpc) is 2.96. The first-order valence-corrected chi connectivity index (χ1v) is 7.63. The molecule has 0 amide bonds. The molecule has 3 rings (SSSR count). The zero-order valence-electron chi connectivity index (χ0n) is 10.5. The van der Waals surface area contributed by atoms with Crippen molar-refractivity contribution >= 4 is 45.6 Å². The summed E-state index contributed by atoms with van der Waals surface area (Å²) in [5, 5.41) is 1.03. The van der Waals surface area contributed by atoms with Gasteiger partial charge in [0.25, 0.3) is 0 Å². The van der Waals surface area contributed by atoms with Gasteiger partial charge in [0.15, 0.2) is 0 Å². The number of aromatic nitrogens is 3. The van der Waals surface area contributed by atoms with Crippen molar-refractivity contribution in [2.75, 3.05) is 0 Å². The molecule has 0 fully saturated rings. The molecule has 0 saturated carbocycles. The number of hydrogen-bond acceptors (Lipinski definition) is 3. The first-order valence-electron chi connectivity index (χ1n) is 5.90. The summed E-state index contributed by atoms with van der Waals surface area (Å²) in [5.41, 5.74) is 1.32. The molecule has 0 aliphatic carbocycles. The van der Waals surface area contributed by atoms with E-state index in [0.29, 0.717) is 17.9 Å². The predicted molar refractivity (Wildman–Crippen MR) is 80.2 cm³/mol. The third-order valence-electron chi connectivity index (χ3n) is 2.95. The van der Waals surface area contributed by atoms with Crippen LogP contribution in [0.1, 0.15) is 15.7 Å². The Morgan fingerprint density at radius 1 is 1.40 bits per heavy atom. The molecular formula is C13H10Cl2FN3S. The standard InChI is InChI=1S/C13H10Cl2FN3S/c1-7-5-17-13(20-7)6-19-11-2-8(15)9(16)3-10(11)18-12(19)4-14/h2-3,5H,4,6H2,1H3. The second-order valence-electron chi connectivity index (χ2n) is 4.37. The summed E-state index contributed by atoms with van der Waals surface area (Å²) in [6.07, 6.45) is 1.83. The van der Waals surface area contributed by atoms with Crippen molar-refractivity contribution in [3.8, 4) is 0 Å². The Kier molecular flexibility index (Phi) is 3.67. The second kappa shape index (κ2) is 5.31. The molecule has 3 aromatic rings. The third-order valence-corrected chi connectivity index (χ3v) is 4.38. The number of rotatable bonds is 3. The van der Waals surface area contributed by atoms with Crippen LogP contribution in [-0.2, 0) is 12.4 Å². The molecule has 7 heteroatoms. The van der Waals surface area contributed by atoms with Crippen LogP contribution in [0.15, 0.2) is 18.3 Å². The molecule has 0 radical (unpaired) electrons. The Labute approximate surface area is 129 Å². The van der Waals surface area contributed by atoms with E-state index in [-0.39, 0.29) is 10.9 Å². The van der Waals surface area contributed by atoms with Gasteiger partial charge in [-0.2, -0.15) is 0 Å². The van der Waals surface area contributed by atoms with Crippen LogP contribution in [0.2, 0.25) is 5.02 Å². The molecule has 0 unspecified atom stereocenters. The third kappa shape index (κ3) is 2.41. The van der Waals surface area contributed by atoms with Gasteiger partial charge < -0.3 is 4.57 Å². The Balaban J connectivity index is 2.14. The van der Waals surface area contributed by atoms with Gasteiger partial charge in [-0.25, -0.2) is 14.4 Å². The summed E-state index contributed by atoms with van der Waals surface area (Å²) in [5.74, 6) is 0.448. The Hall–Kier alpha value is -1.17. The van der Waals surface area contributed by atoms with Crippen molar-refractivity contribution in [2.24, 2.45) is 0 Å². The Bertz CT molecular complexity index is 781. The van der Waals surface area contributed by atoms with Crippen molar-refractivity contribution in [1.29, 1.82) is 0 Å². The van der Waals surface area contributed by atoms with Gasteiger partial charge in [0.05, 0.1) is 28.5 Å². The lowest BCUT2D eigenvalue weighted by atomic mass is 10.3. The van der Waals surface area contributed by atoms with E-state index < -0.39 is 5.82 Å². The summed E-state index contributed by atoms with van der Waals surface area (Å²) < 4.78 is 15.4. The normalized spacial score (nSPS) is 11.4. The van der Waals surface area contributed by atoms with Crippen molar-refractivity contribution in [3.05, 3.63) is 44.9 Å². The fourth-order valence-corrected chi connectivity index (χ4v) is 3.20. The molecule has 3 nitrogen and oxygen atoms in total. The van der Waals surface area contributed by atoms with Crippen molar-refractivity contribution in [3.63, 3.8) is 0 Å². The van der Waals surface area contributed by atoms with E-state index in [1.807, 2.05) is 17.7 Å². The number of aryl methyl sites for hydroxylation is 1. The highest BCUT2D eigenvalue weighted by Crippen LogP contribution is 2.26. The van der Waals surface area contributed by atoms with Crippen LogP contribution in [-0.4, -0.2) is 14.5 Å². The maximum atomic E-state index is 13.5. The van der Waals surface area contributed by atoms with E-state index >= 15 is 0 Å². The lowest BCUT2D eigenvalue weighted by molar-refractivity contribution is 0.629. The highest BCUT2D eigenvalue weighted by atomic mass is 35.5. The van der Waals surface area contributed by atoms with Gasteiger partial charge in [0.1, 0.15) is 16.6 Å². The van der Waals surface area contributed by atoms with E-state index in [9.17, 15) is 4.39 Å². The maximum Gasteiger partial charge on any atom is 0.144 e. The van der Waals surface area contributed by atoms with E-state index in [0.717, 1.165) is 15.4 Å². The van der Waals surface area contributed by atoms with Crippen LogP contribution < -0.4 is 0 Å². The van der Waals surface area contributed by atoms with Gasteiger partial charge in [0.2, 0.25) is 0 Å². The topological polar surface area (TPSA) is 30.7 Å². The smallest absolute Gasteiger partial charge is 0.144 e. The monoisotopic (exact) mass is 329 g/mol. The number of hydrogen-bond donors (Lipinski definition) is 0. The minimum absolute atomic E-state index is 0.0788. The van der Waals surface area contributed by atoms with Crippen LogP contribution >= 0.6 is 34.5 Å². The van der Waals surface area contributed by atoms with E-state index in [4.69, 9.17) is 23.2 Å². The first kappa shape index (κ1) is 13.8. The lowest BCUT2D eigenvalue weighted by Gasteiger charge is -2.05. The fraction of sp³-hybridized carbons (Fsp3) is 0.231. The maximum absolute atomic E-state index is 13.5. The summed E-state index contributed by atoms with van der Waals surface area (Å²) >= 11 is 13.4. The van der Waals surface area contributed by atoms with Crippen molar-refractivity contribution in [2.45, 2.75) is 19.3 Å². The van der Waals surface area contributed by atoms with Gasteiger partial charge in [-0.3, -0.25) is 0 Å². The summed E-state index contributed by atoms with van der Waals surface area (Å²) in [4.78, 5) is 9.82. The molecule has 0 bridgehead atoms. The van der Waals surface area contributed by atoms with E-state index in [1.165, 1.54) is 6.07 Å². The van der Waals surface area contributed by atoms with Gasteiger partial charge >= 0.3 is 0 Å². The number of fused-ring (bicyclic) bond motifs is 1. The fourth-order valence-electron chi connectivity index (χ4n) is 2.06. The quantitative estimate of drug-likeness (QED) is 0.667. The highest BCUT2D eigenvalue weighted by molar-refractivity contribution is 7.11. The lowest BCUT2D eigenvalue weighted by Crippen LogP contribution is -2.03. The number of halogens is 3. The Morgan fingerprint density at radius 3 is 2.85 bits per heavy atom. The molecule has 0 N–H and O–H groups in total. The van der Waals surface area contributed by atoms with E-state index in [1.54, 1.807) is 17.4 Å². The van der Waals surface area contributed by atoms with Gasteiger partial charge in [-0.1, -0.05) is 11.6 Å². The van der Waals surface area contributed by atoms with Gasteiger partial charge in [-0.15, -0.1) is 22.9 Å². The molecule has 2 aromatic heterocycles. The number of alkyl halides is 1. The molecule has 0 aliphatic rings. The summed E-state index contributed by atoms with van der Waals surface area (Å²) in [6, 6.07) is 2.91. The number of benzene rings is 1. The predicted octanol–water partition coefficient (Wildman–Crippen LogP) is 4.38. The molecule has 0 aliphatic heterocycles. The number of nitrogens with zero attached hydrogens (tertiary/aromatic N) is 3.